The molecule has 3 rings (SSSR count). The van der Waals surface area contributed by atoms with Crippen LogP contribution in [0.25, 0.3) is 11.0 Å². The summed E-state index contributed by atoms with van der Waals surface area (Å²) in [5.74, 6) is 0.483. The van der Waals surface area contributed by atoms with E-state index in [1.807, 2.05) is 36.4 Å². The Bertz CT molecular complexity index is 706. The first-order valence-corrected chi connectivity index (χ1v) is 7.21. The van der Waals surface area contributed by atoms with E-state index in [1.54, 1.807) is 6.20 Å². The Hall–Kier alpha value is -1.17. The van der Waals surface area contributed by atoms with Gasteiger partial charge in [-0.1, -0.05) is 18.2 Å². The third-order valence-corrected chi connectivity index (χ3v) is 3.88. The molecule has 0 saturated heterocycles. The van der Waals surface area contributed by atoms with Crippen LogP contribution in [-0.2, 0) is 0 Å². The number of benzene rings is 1. The normalized spacial score (nSPS) is 12.8. The lowest BCUT2D eigenvalue weighted by Crippen LogP contribution is -2.02. The van der Waals surface area contributed by atoms with Crippen molar-refractivity contribution in [3.8, 4) is 0 Å². The van der Waals surface area contributed by atoms with E-state index in [9.17, 15) is 5.11 Å². The van der Waals surface area contributed by atoms with Crippen LogP contribution >= 0.6 is 31.9 Å². The second kappa shape index (κ2) is 5.07. The van der Waals surface area contributed by atoms with Gasteiger partial charge >= 0.3 is 0 Å². The van der Waals surface area contributed by atoms with Gasteiger partial charge in [0.15, 0.2) is 6.10 Å². The van der Waals surface area contributed by atoms with Gasteiger partial charge in [-0.25, -0.2) is 0 Å². The molecule has 19 heavy (non-hydrogen) atoms. The van der Waals surface area contributed by atoms with Crippen LogP contribution in [0.1, 0.15) is 17.6 Å². The van der Waals surface area contributed by atoms with Crippen LogP contribution in [0, 0.1) is 0 Å². The average molecular weight is 383 g/mol. The Morgan fingerprint density at radius 2 is 1.95 bits per heavy atom. The molecule has 0 spiro atoms. The molecule has 0 saturated carbocycles. The molecule has 0 radical (unpaired) electrons. The van der Waals surface area contributed by atoms with Crippen molar-refractivity contribution in [1.82, 2.24) is 4.98 Å². The fourth-order valence-corrected chi connectivity index (χ4v) is 3.10. The molecule has 0 fully saturated rings. The molecule has 2 heterocycles. The number of furan rings is 1. The number of pyridine rings is 1. The van der Waals surface area contributed by atoms with Crippen LogP contribution in [0.4, 0.5) is 0 Å². The van der Waals surface area contributed by atoms with Crippen LogP contribution in [0.2, 0.25) is 0 Å². The highest BCUT2D eigenvalue weighted by atomic mass is 79.9. The van der Waals surface area contributed by atoms with E-state index in [4.69, 9.17) is 4.42 Å². The van der Waals surface area contributed by atoms with Crippen molar-refractivity contribution in [3.63, 3.8) is 0 Å². The van der Waals surface area contributed by atoms with Gasteiger partial charge in [0, 0.05) is 20.5 Å². The number of nitrogens with zero attached hydrogens (tertiary/aromatic N) is 1. The largest absolute Gasteiger partial charge is 0.458 e. The number of hydrogen-bond donors (Lipinski definition) is 1. The van der Waals surface area contributed by atoms with Crippen molar-refractivity contribution in [1.29, 1.82) is 0 Å². The van der Waals surface area contributed by atoms with Gasteiger partial charge < -0.3 is 9.52 Å². The van der Waals surface area contributed by atoms with E-state index in [2.05, 4.69) is 36.8 Å². The van der Waals surface area contributed by atoms with Crippen LogP contribution in [0.3, 0.4) is 0 Å². The van der Waals surface area contributed by atoms with Crippen molar-refractivity contribution in [3.05, 3.63) is 63.0 Å². The zero-order valence-electron chi connectivity index (χ0n) is 9.68. The number of halogens is 2. The molecule has 96 valence electrons. The SMILES string of the molecule is OC(c1cc2ccccc2o1)c1ncc(Br)cc1Br. The molecule has 3 aromatic rings. The zero-order chi connectivity index (χ0) is 13.4. The molecular formula is C14H9Br2NO2. The van der Waals surface area contributed by atoms with Gasteiger partial charge in [0.1, 0.15) is 11.3 Å². The number of aromatic nitrogens is 1. The number of para-hydroxylation sites is 1. The molecule has 0 aliphatic heterocycles. The standard InChI is InChI=1S/C14H9Br2NO2/c15-9-6-10(16)13(17-7-9)14(18)12-5-8-3-1-2-4-11(8)19-12/h1-7,14,18H. The monoisotopic (exact) mass is 381 g/mol. The van der Waals surface area contributed by atoms with E-state index in [1.165, 1.54) is 0 Å². The van der Waals surface area contributed by atoms with Crippen LogP contribution in [0.15, 0.2) is 56.0 Å². The Kier molecular flexibility index (Phi) is 3.43. The van der Waals surface area contributed by atoms with E-state index in [0.29, 0.717) is 11.5 Å². The van der Waals surface area contributed by atoms with Gasteiger partial charge in [0.25, 0.3) is 0 Å². The summed E-state index contributed by atoms with van der Waals surface area (Å²) in [6, 6.07) is 11.3. The molecule has 5 heteroatoms. The lowest BCUT2D eigenvalue weighted by Gasteiger charge is -2.09. The molecule has 1 unspecified atom stereocenters. The Labute approximate surface area is 126 Å². The van der Waals surface area contributed by atoms with Crippen molar-refractivity contribution >= 4 is 42.8 Å². The average Bonchev–Trinajstić information content (AvgIpc) is 2.81. The number of hydrogen-bond acceptors (Lipinski definition) is 3. The highest BCUT2D eigenvalue weighted by molar-refractivity contribution is 9.11. The molecule has 1 N–H and O–H groups in total. The van der Waals surface area contributed by atoms with Crippen LogP contribution in [0.5, 0.6) is 0 Å². The maximum atomic E-state index is 10.4. The van der Waals surface area contributed by atoms with Gasteiger partial charge in [-0.3, -0.25) is 4.98 Å². The van der Waals surface area contributed by atoms with Crippen LogP contribution in [-0.4, -0.2) is 10.1 Å². The van der Waals surface area contributed by atoms with Crippen molar-refractivity contribution < 1.29 is 9.52 Å². The molecule has 3 nitrogen and oxygen atoms in total. The van der Waals surface area contributed by atoms with Gasteiger partial charge in [-0.2, -0.15) is 0 Å². The molecule has 1 atom stereocenters. The summed E-state index contributed by atoms with van der Waals surface area (Å²) in [5.41, 5.74) is 1.28. The highest BCUT2D eigenvalue weighted by Gasteiger charge is 2.19. The fourth-order valence-electron chi connectivity index (χ4n) is 1.90. The molecule has 1 aromatic carbocycles. The van der Waals surface area contributed by atoms with Gasteiger partial charge in [-0.05, 0) is 50.1 Å². The first kappa shape index (κ1) is 12.8. The minimum Gasteiger partial charge on any atom is -0.458 e. The van der Waals surface area contributed by atoms with Crippen molar-refractivity contribution in [2.75, 3.05) is 0 Å². The number of rotatable bonds is 2. The Morgan fingerprint density at radius 3 is 2.68 bits per heavy atom. The van der Waals surface area contributed by atoms with Gasteiger partial charge in [-0.15, -0.1) is 0 Å². The zero-order valence-corrected chi connectivity index (χ0v) is 12.8. The minimum absolute atomic E-state index is 0.483. The first-order valence-electron chi connectivity index (χ1n) is 5.62. The lowest BCUT2D eigenvalue weighted by atomic mass is 10.1. The molecule has 2 aromatic heterocycles. The summed E-state index contributed by atoms with van der Waals surface area (Å²) < 4.78 is 7.23. The molecular weight excluding hydrogens is 374 g/mol. The summed E-state index contributed by atoms with van der Waals surface area (Å²) in [5, 5.41) is 11.3. The predicted octanol–water partition coefficient (Wildman–Crippen LogP) is 4.43. The predicted molar refractivity (Wildman–Crippen MR) is 79.9 cm³/mol. The Morgan fingerprint density at radius 1 is 1.16 bits per heavy atom. The Balaban J connectivity index is 2.05. The quantitative estimate of drug-likeness (QED) is 0.712. The number of aliphatic hydroxyl groups excluding tert-OH is 1. The second-order valence-electron chi connectivity index (χ2n) is 4.11. The van der Waals surface area contributed by atoms with Crippen molar-refractivity contribution in [2.45, 2.75) is 6.10 Å². The fraction of sp³-hybridized carbons (Fsp3) is 0.0714. The summed E-state index contributed by atoms with van der Waals surface area (Å²) >= 11 is 6.73. The summed E-state index contributed by atoms with van der Waals surface area (Å²) in [4.78, 5) is 4.22. The minimum atomic E-state index is -0.894. The van der Waals surface area contributed by atoms with E-state index >= 15 is 0 Å². The first-order chi connectivity index (χ1) is 9.15. The molecule has 0 bridgehead atoms. The smallest absolute Gasteiger partial charge is 0.155 e. The van der Waals surface area contributed by atoms with E-state index in [-0.39, 0.29) is 0 Å². The van der Waals surface area contributed by atoms with Gasteiger partial charge in [0.2, 0.25) is 0 Å². The summed E-state index contributed by atoms with van der Waals surface area (Å²) in [6.07, 6.45) is 0.751. The number of aliphatic hydroxyl groups is 1. The maximum Gasteiger partial charge on any atom is 0.155 e. The molecule has 0 amide bonds. The topological polar surface area (TPSA) is 46.3 Å². The second-order valence-corrected chi connectivity index (χ2v) is 5.88. The highest BCUT2D eigenvalue weighted by Crippen LogP contribution is 2.31. The molecule has 0 aliphatic rings. The third-order valence-electron chi connectivity index (χ3n) is 2.81. The lowest BCUT2D eigenvalue weighted by molar-refractivity contribution is 0.187. The van der Waals surface area contributed by atoms with E-state index < -0.39 is 6.10 Å². The summed E-state index contributed by atoms with van der Waals surface area (Å²) in [6.45, 7) is 0. The summed E-state index contributed by atoms with van der Waals surface area (Å²) in [7, 11) is 0. The van der Waals surface area contributed by atoms with Crippen molar-refractivity contribution in [2.24, 2.45) is 0 Å². The maximum absolute atomic E-state index is 10.4. The van der Waals surface area contributed by atoms with Gasteiger partial charge in [0.05, 0.1) is 5.69 Å². The number of fused-ring (bicyclic) bond motifs is 1. The van der Waals surface area contributed by atoms with E-state index in [0.717, 1.165) is 19.9 Å². The third kappa shape index (κ3) is 2.45. The molecule has 0 aliphatic carbocycles. The van der Waals surface area contributed by atoms with Crippen LogP contribution < -0.4 is 0 Å².